The molecule has 6 nitrogen and oxygen atoms in total. The van der Waals surface area contributed by atoms with Gasteiger partial charge in [-0.25, -0.2) is 4.68 Å². The molecule has 0 radical (unpaired) electrons. The molecular weight excluding hydrogens is 457 g/mol. The number of aryl methyl sites for hydroxylation is 1. The lowest BCUT2D eigenvalue weighted by Crippen LogP contribution is -2.50. The predicted octanol–water partition coefficient (Wildman–Crippen LogP) is 4.45. The standard InChI is InChI=1S/C23H20ClF3N4O2/c1-15-2-4-16(5-3-15)21(32)29-10-12-30(13-11-29)22(33)19-14-28-31(20(19)23(25,26)27)18-8-6-17(24)7-9-18/h2-9,14H,10-13H2,1H3. The maximum absolute atomic E-state index is 13.9. The molecule has 172 valence electrons. The van der Waals surface area contributed by atoms with Crippen molar-refractivity contribution in [2.24, 2.45) is 0 Å². The Labute approximate surface area is 193 Å². The van der Waals surface area contributed by atoms with Crippen LogP contribution >= 0.6 is 11.6 Å². The van der Waals surface area contributed by atoms with E-state index in [0.717, 1.165) is 11.8 Å². The molecular formula is C23H20ClF3N4O2. The second-order valence-corrected chi connectivity index (χ2v) is 8.18. The molecule has 2 heterocycles. The van der Waals surface area contributed by atoms with E-state index < -0.39 is 23.3 Å². The number of aromatic nitrogens is 2. The molecule has 0 aliphatic carbocycles. The average molecular weight is 477 g/mol. The molecule has 0 N–H and O–H groups in total. The van der Waals surface area contributed by atoms with Crippen LogP contribution in [-0.4, -0.2) is 57.6 Å². The van der Waals surface area contributed by atoms with Crippen molar-refractivity contribution in [3.8, 4) is 5.69 Å². The zero-order valence-corrected chi connectivity index (χ0v) is 18.4. The van der Waals surface area contributed by atoms with Crippen molar-refractivity contribution >= 4 is 23.4 Å². The Morgan fingerprint density at radius 3 is 1.97 bits per heavy atom. The van der Waals surface area contributed by atoms with Gasteiger partial charge in [0.15, 0.2) is 5.69 Å². The van der Waals surface area contributed by atoms with Crippen LogP contribution in [0.4, 0.5) is 13.2 Å². The number of hydrogen-bond acceptors (Lipinski definition) is 3. The summed E-state index contributed by atoms with van der Waals surface area (Å²) in [4.78, 5) is 28.6. The summed E-state index contributed by atoms with van der Waals surface area (Å²) in [6.45, 7) is 2.62. The highest BCUT2D eigenvalue weighted by Gasteiger charge is 2.42. The van der Waals surface area contributed by atoms with Crippen molar-refractivity contribution in [3.05, 3.63) is 82.1 Å². The minimum absolute atomic E-state index is 0.125. The molecule has 3 aromatic rings. The van der Waals surface area contributed by atoms with Crippen LogP contribution in [-0.2, 0) is 6.18 Å². The number of carbonyl (C=O) groups is 2. The van der Waals surface area contributed by atoms with Crippen LogP contribution < -0.4 is 0 Å². The number of rotatable bonds is 3. The van der Waals surface area contributed by atoms with Gasteiger partial charge >= 0.3 is 6.18 Å². The fourth-order valence-corrected chi connectivity index (χ4v) is 3.84. The summed E-state index contributed by atoms with van der Waals surface area (Å²) in [5.41, 5.74) is 0.0218. The first-order chi connectivity index (χ1) is 15.6. The van der Waals surface area contributed by atoms with Crippen molar-refractivity contribution in [1.82, 2.24) is 19.6 Å². The number of amides is 2. The molecule has 4 rings (SSSR count). The topological polar surface area (TPSA) is 58.4 Å². The van der Waals surface area contributed by atoms with Gasteiger partial charge in [0.2, 0.25) is 0 Å². The predicted molar refractivity (Wildman–Crippen MR) is 117 cm³/mol. The molecule has 0 spiro atoms. The molecule has 10 heteroatoms. The number of halogens is 4. The zero-order valence-electron chi connectivity index (χ0n) is 17.6. The van der Waals surface area contributed by atoms with Crippen LogP contribution in [0.3, 0.4) is 0 Å². The van der Waals surface area contributed by atoms with Gasteiger partial charge in [-0.15, -0.1) is 0 Å². The molecule has 1 saturated heterocycles. The van der Waals surface area contributed by atoms with Crippen molar-refractivity contribution in [2.45, 2.75) is 13.1 Å². The van der Waals surface area contributed by atoms with Crippen molar-refractivity contribution in [2.75, 3.05) is 26.2 Å². The Morgan fingerprint density at radius 1 is 0.879 bits per heavy atom. The van der Waals surface area contributed by atoms with Gasteiger partial charge in [-0.3, -0.25) is 9.59 Å². The van der Waals surface area contributed by atoms with Crippen LogP contribution in [0.5, 0.6) is 0 Å². The number of carbonyl (C=O) groups excluding carboxylic acids is 2. The summed E-state index contributed by atoms with van der Waals surface area (Å²) in [6, 6.07) is 12.8. The SMILES string of the molecule is Cc1ccc(C(=O)N2CCN(C(=O)c3cnn(-c4ccc(Cl)cc4)c3C(F)(F)F)CC2)cc1. The summed E-state index contributed by atoms with van der Waals surface area (Å²) < 4.78 is 42.4. The number of alkyl halides is 3. The van der Waals surface area contributed by atoms with E-state index >= 15 is 0 Å². The fourth-order valence-electron chi connectivity index (χ4n) is 3.72. The van der Waals surface area contributed by atoms with Crippen LogP contribution in [0.15, 0.2) is 54.7 Å². The van der Waals surface area contributed by atoms with Gasteiger partial charge in [0.25, 0.3) is 11.8 Å². The Kier molecular flexibility index (Phi) is 6.16. The zero-order chi connectivity index (χ0) is 23.8. The molecule has 0 bridgehead atoms. The largest absolute Gasteiger partial charge is 0.434 e. The van der Waals surface area contributed by atoms with E-state index in [1.165, 1.54) is 29.2 Å². The molecule has 1 aromatic heterocycles. The molecule has 1 fully saturated rings. The van der Waals surface area contributed by atoms with Crippen LogP contribution in [0, 0.1) is 6.92 Å². The Balaban J connectivity index is 1.52. The van der Waals surface area contributed by atoms with Gasteiger partial charge in [0.1, 0.15) is 0 Å². The van der Waals surface area contributed by atoms with Crippen molar-refractivity contribution < 1.29 is 22.8 Å². The highest BCUT2D eigenvalue weighted by atomic mass is 35.5. The Hall–Kier alpha value is -3.33. The van der Waals surface area contributed by atoms with E-state index in [4.69, 9.17) is 11.6 Å². The minimum Gasteiger partial charge on any atom is -0.335 e. The third-order valence-electron chi connectivity index (χ3n) is 5.49. The fraction of sp³-hybridized carbons (Fsp3) is 0.261. The summed E-state index contributed by atoms with van der Waals surface area (Å²) >= 11 is 5.83. The molecule has 2 aromatic carbocycles. The quantitative estimate of drug-likeness (QED) is 0.561. The first-order valence-corrected chi connectivity index (χ1v) is 10.6. The van der Waals surface area contributed by atoms with E-state index in [9.17, 15) is 22.8 Å². The van der Waals surface area contributed by atoms with Crippen LogP contribution in [0.2, 0.25) is 5.02 Å². The van der Waals surface area contributed by atoms with Gasteiger partial charge in [-0.1, -0.05) is 29.3 Å². The monoisotopic (exact) mass is 476 g/mol. The molecule has 0 atom stereocenters. The normalized spacial score (nSPS) is 14.5. The van der Waals surface area contributed by atoms with Gasteiger partial charge in [0.05, 0.1) is 17.4 Å². The van der Waals surface area contributed by atoms with E-state index in [1.807, 2.05) is 19.1 Å². The lowest BCUT2D eigenvalue weighted by Gasteiger charge is -2.35. The molecule has 0 unspecified atom stereocenters. The Bertz CT molecular complexity index is 1170. The van der Waals surface area contributed by atoms with E-state index in [1.54, 1.807) is 17.0 Å². The van der Waals surface area contributed by atoms with Crippen molar-refractivity contribution in [1.29, 1.82) is 0 Å². The van der Waals surface area contributed by atoms with Crippen molar-refractivity contribution in [3.63, 3.8) is 0 Å². The number of hydrogen-bond donors (Lipinski definition) is 0. The second-order valence-electron chi connectivity index (χ2n) is 7.74. The summed E-state index contributed by atoms with van der Waals surface area (Å²) in [7, 11) is 0. The molecule has 2 amide bonds. The maximum Gasteiger partial charge on any atom is 0.434 e. The number of benzene rings is 2. The van der Waals surface area contributed by atoms with Gasteiger partial charge < -0.3 is 9.80 Å². The van der Waals surface area contributed by atoms with Gasteiger partial charge in [-0.2, -0.15) is 18.3 Å². The van der Waals surface area contributed by atoms with E-state index in [2.05, 4.69) is 5.10 Å². The van der Waals surface area contributed by atoms with Crippen LogP contribution in [0.1, 0.15) is 32.0 Å². The van der Waals surface area contributed by atoms with Gasteiger partial charge in [-0.05, 0) is 43.3 Å². The third kappa shape index (κ3) is 4.73. The highest BCUT2D eigenvalue weighted by molar-refractivity contribution is 6.30. The smallest absolute Gasteiger partial charge is 0.335 e. The Morgan fingerprint density at radius 2 is 1.42 bits per heavy atom. The third-order valence-corrected chi connectivity index (χ3v) is 5.74. The highest BCUT2D eigenvalue weighted by Crippen LogP contribution is 2.34. The van der Waals surface area contributed by atoms with Crippen LogP contribution in [0.25, 0.3) is 5.69 Å². The second kappa shape index (κ2) is 8.90. The summed E-state index contributed by atoms with van der Waals surface area (Å²) in [5.74, 6) is -0.946. The first kappa shape index (κ1) is 22.8. The molecule has 33 heavy (non-hydrogen) atoms. The number of nitrogens with zero attached hydrogens (tertiary/aromatic N) is 4. The molecule has 1 aliphatic heterocycles. The average Bonchev–Trinajstić information content (AvgIpc) is 3.25. The minimum atomic E-state index is -4.80. The van der Waals surface area contributed by atoms with E-state index in [-0.39, 0.29) is 37.8 Å². The maximum atomic E-state index is 13.9. The molecule has 0 saturated carbocycles. The summed E-state index contributed by atoms with van der Waals surface area (Å²) in [6.07, 6.45) is -3.87. The first-order valence-electron chi connectivity index (χ1n) is 10.2. The molecule has 1 aliphatic rings. The van der Waals surface area contributed by atoms with E-state index in [0.29, 0.717) is 15.3 Å². The van der Waals surface area contributed by atoms with Gasteiger partial charge in [0, 0.05) is 36.8 Å². The summed E-state index contributed by atoms with van der Waals surface area (Å²) in [5, 5.41) is 4.20. The number of piperazine rings is 1. The lowest BCUT2D eigenvalue weighted by atomic mass is 10.1. The lowest BCUT2D eigenvalue weighted by molar-refractivity contribution is -0.143.